The van der Waals surface area contributed by atoms with Gasteiger partial charge in [0.1, 0.15) is 5.75 Å². The third kappa shape index (κ3) is 4.66. The molecule has 0 heterocycles. The van der Waals surface area contributed by atoms with Gasteiger partial charge in [0.15, 0.2) is 5.75 Å². The second kappa shape index (κ2) is 6.28. The number of nitrogens with two attached hydrogens (primary N) is 1. The van der Waals surface area contributed by atoms with E-state index in [0.29, 0.717) is 11.4 Å². The molecule has 0 amide bonds. The van der Waals surface area contributed by atoms with E-state index in [9.17, 15) is 13.2 Å². The molecule has 3 N–H and O–H groups in total. The van der Waals surface area contributed by atoms with Crippen LogP contribution in [0.25, 0.3) is 0 Å². The topological polar surface area (TPSA) is 108 Å². The normalized spacial score (nSPS) is 10.8. The first kappa shape index (κ1) is 15.1. The molecule has 7 nitrogen and oxygen atoms in total. The molecule has 0 radical (unpaired) electrons. The molecule has 106 valence electrons. The quantitative estimate of drug-likeness (QED) is 0.585. The summed E-state index contributed by atoms with van der Waals surface area (Å²) in [4.78, 5) is 11.2. The Morgan fingerprint density at radius 3 is 2.68 bits per heavy atom. The van der Waals surface area contributed by atoms with Crippen molar-refractivity contribution < 1.29 is 22.7 Å². The molecule has 0 bridgehead atoms. The number of hydrogen-bond acceptors (Lipinski definition) is 6. The van der Waals surface area contributed by atoms with Crippen molar-refractivity contribution in [1.82, 2.24) is 0 Å². The highest BCUT2D eigenvalue weighted by molar-refractivity contribution is 7.93. The molecule has 0 spiro atoms. The second-order valence-corrected chi connectivity index (χ2v) is 5.35. The summed E-state index contributed by atoms with van der Waals surface area (Å²) in [6, 6.07) is 4.50. The van der Waals surface area contributed by atoms with E-state index in [2.05, 4.69) is 9.46 Å². The first-order valence-corrected chi connectivity index (χ1v) is 7.13. The molecule has 0 aromatic heterocycles. The Morgan fingerprint density at radius 2 is 2.11 bits per heavy atom. The van der Waals surface area contributed by atoms with Crippen LogP contribution in [0.5, 0.6) is 5.75 Å². The molecule has 1 aromatic carbocycles. The number of sulfonamides is 1. The second-order valence-electron chi connectivity index (χ2n) is 3.63. The molecule has 0 atom stereocenters. The molecule has 0 fully saturated rings. The molecule has 0 saturated carbocycles. The van der Waals surface area contributed by atoms with E-state index >= 15 is 0 Å². The van der Waals surface area contributed by atoms with Crippen LogP contribution >= 0.6 is 0 Å². The number of methoxy groups -OCH3 is 1. The zero-order valence-electron chi connectivity index (χ0n) is 10.7. The highest BCUT2D eigenvalue weighted by atomic mass is 32.2. The Morgan fingerprint density at radius 1 is 1.42 bits per heavy atom. The van der Waals surface area contributed by atoms with Gasteiger partial charge in [-0.25, -0.2) is 8.42 Å². The minimum Gasteiger partial charge on any atom is -0.495 e. The standard InChI is InChI=1S/C11H16N2O5S/c1-3-18-11(14)7-19(15,16)13-9-6-8(12)4-5-10(9)17-2/h4-6,13H,3,7,12H2,1-2H3. The SMILES string of the molecule is CCOC(=O)CS(=O)(=O)Nc1cc(N)ccc1OC. The number of carbonyl (C=O) groups is 1. The van der Waals surface area contributed by atoms with E-state index in [1.54, 1.807) is 13.0 Å². The fraction of sp³-hybridized carbons (Fsp3) is 0.364. The van der Waals surface area contributed by atoms with E-state index in [0.717, 1.165) is 0 Å². The molecule has 0 unspecified atom stereocenters. The maximum Gasteiger partial charge on any atom is 0.323 e. The maximum absolute atomic E-state index is 11.8. The van der Waals surface area contributed by atoms with Gasteiger partial charge in [0.2, 0.25) is 10.0 Å². The van der Waals surface area contributed by atoms with Crippen LogP contribution < -0.4 is 15.2 Å². The molecule has 19 heavy (non-hydrogen) atoms. The number of benzene rings is 1. The number of anilines is 2. The predicted octanol–water partition coefficient (Wildman–Crippen LogP) is 0.582. The van der Waals surface area contributed by atoms with Gasteiger partial charge in [-0.3, -0.25) is 9.52 Å². The van der Waals surface area contributed by atoms with Gasteiger partial charge in [-0.05, 0) is 25.1 Å². The van der Waals surface area contributed by atoms with E-state index in [1.165, 1.54) is 19.2 Å². The Hall–Kier alpha value is -1.96. The maximum atomic E-state index is 11.8. The number of esters is 1. The largest absolute Gasteiger partial charge is 0.495 e. The van der Waals surface area contributed by atoms with Crippen molar-refractivity contribution in [3.8, 4) is 5.75 Å². The molecule has 0 aliphatic rings. The highest BCUT2D eigenvalue weighted by Crippen LogP contribution is 2.27. The van der Waals surface area contributed by atoms with Crippen LogP contribution in [-0.4, -0.2) is 33.9 Å². The first-order chi connectivity index (χ1) is 8.88. The van der Waals surface area contributed by atoms with Gasteiger partial charge in [0.25, 0.3) is 0 Å². The molecular weight excluding hydrogens is 272 g/mol. The van der Waals surface area contributed by atoms with E-state index < -0.39 is 21.7 Å². The van der Waals surface area contributed by atoms with Gasteiger partial charge in [-0.15, -0.1) is 0 Å². The average molecular weight is 288 g/mol. The molecule has 1 rings (SSSR count). The molecular formula is C11H16N2O5S. The number of nitrogens with one attached hydrogen (secondary N) is 1. The van der Waals surface area contributed by atoms with Gasteiger partial charge in [0.05, 0.1) is 19.4 Å². The van der Waals surface area contributed by atoms with Crippen LogP contribution in [0.4, 0.5) is 11.4 Å². The summed E-state index contributed by atoms with van der Waals surface area (Å²) < 4.78 is 35.3. The van der Waals surface area contributed by atoms with Crippen molar-refractivity contribution in [2.75, 3.05) is 29.9 Å². The van der Waals surface area contributed by atoms with Crippen molar-refractivity contribution in [3.05, 3.63) is 18.2 Å². The fourth-order valence-electron chi connectivity index (χ4n) is 1.37. The molecule has 0 saturated heterocycles. The molecule has 8 heteroatoms. The predicted molar refractivity (Wildman–Crippen MR) is 71.4 cm³/mol. The van der Waals surface area contributed by atoms with Gasteiger partial charge in [0, 0.05) is 5.69 Å². The lowest BCUT2D eigenvalue weighted by molar-refractivity contribution is -0.139. The molecule has 0 aliphatic heterocycles. The van der Waals surface area contributed by atoms with Crippen molar-refractivity contribution >= 4 is 27.4 Å². The summed E-state index contributed by atoms with van der Waals surface area (Å²) in [7, 11) is -2.47. The number of carbonyl (C=O) groups excluding carboxylic acids is 1. The molecule has 1 aromatic rings. The van der Waals surface area contributed by atoms with E-state index in [1.807, 2.05) is 0 Å². The summed E-state index contributed by atoms with van der Waals surface area (Å²) in [5, 5.41) is 0. The summed E-state index contributed by atoms with van der Waals surface area (Å²) in [6.07, 6.45) is 0. The number of hydrogen-bond donors (Lipinski definition) is 2. The number of rotatable bonds is 6. The fourth-order valence-corrected chi connectivity index (χ4v) is 2.33. The summed E-state index contributed by atoms with van der Waals surface area (Å²) >= 11 is 0. The van der Waals surface area contributed by atoms with Crippen LogP contribution in [0.1, 0.15) is 6.92 Å². The van der Waals surface area contributed by atoms with Gasteiger partial charge < -0.3 is 15.2 Å². The summed E-state index contributed by atoms with van der Waals surface area (Å²) in [5.41, 5.74) is 6.11. The summed E-state index contributed by atoms with van der Waals surface area (Å²) in [6.45, 7) is 1.72. The third-order valence-corrected chi connectivity index (χ3v) is 3.25. The van der Waals surface area contributed by atoms with Gasteiger partial charge >= 0.3 is 5.97 Å². The summed E-state index contributed by atoms with van der Waals surface area (Å²) in [5.74, 6) is -1.28. The van der Waals surface area contributed by atoms with E-state index in [-0.39, 0.29) is 12.3 Å². The smallest absolute Gasteiger partial charge is 0.323 e. The Balaban J connectivity index is 2.89. The molecule has 0 aliphatic carbocycles. The number of ether oxygens (including phenoxy) is 2. The van der Waals surface area contributed by atoms with Crippen molar-refractivity contribution in [2.45, 2.75) is 6.92 Å². The number of nitrogen functional groups attached to an aromatic ring is 1. The lowest BCUT2D eigenvalue weighted by Gasteiger charge is -2.12. The Labute approximate surface area is 111 Å². The van der Waals surface area contributed by atoms with Crippen LogP contribution in [0.2, 0.25) is 0 Å². The van der Waals surface area contributed by atoms with Crippen LogP contribution in [0, 0.1) is 0 Å². The minimum absolute atomic E-state index is 0.121. The lowest BCUT2D eigenvalue weighted by Crippen LogP contribution is -2.24. The zero-order chi connectivity index (χ0) is 14.5. The average Bonchev–Trinajstić information content (AvgIpc) is 2.28. The van der Waals surface area contributed by atoms with Crippen molar-refractivity contribution in [2.24, 2.45) is 0 Å². The Kier molecular flexibility index (Phi) is 4.99. The van der Waals surface area contributed by atoms with Crippen LogP contribution in [0.15, 0.2) is 18.2 Å². The van der Waals surface area contributed by atoms with Crippen molar-refractivity contribution in [3.63, 3.8) is 0 Å². The Bertz CT molecular complexity index is 556. The lowest BCUT2D eigenvalue weighted by atomic mass is 10.2. The van der Waals surface area contributed by atoms with E-state index in [4.69, 9.17) is 10.5 Å². The third-order valence-electron chi connectivity index (χ3n) is 2.10. The monoisotopic (exact) mass is 288 g/mol. The van der Waals surface area contributed by atoms with Crippen LogP contribution in [0.3, 0.4) is 0 Å². The van der Waals surface area contributed by atoms with Gasteiger partial charge in [-0.1, -0.05) is 0 Å². The minimum atomic E-state index is -3.87. The first-order valence-electron chi connectivity index (χ1n) is 5.47. The van der Waals surface area contributed by atoms with Crippen LogP contribution in [-0.2, 0) is 19.6 Å². The highest BCUT2D eigenvalue weighted by Gasteiger charge is 2.19. The van der Waals surface area contributed by atoms with Gasteiger partial charge in [-0.2, -0.15) is 0 Å². The van der Waals surface area contributed by atoms with Crippen molar-refractivity contribution in [1.29, 1.82) is 0 Å². The zero-order valence-corrected chi connectivity index (χ0v) is 11.5.